The highest BCUT2D eigenvalue weighted by atomic mass is 32.2. The van der Waals surface area contributed by atoms with Crippen LogP contribution in [0.4, 0.5) is 0 Å². The first kappa shape index (κ1) is 51.9. The van der Waals surface area contributed by atoms with Crippen molar-refractivity contribution in [2.24, 2.45) is 17.3 Å². The number of methoxy groups -OCH3 is 1. The molecule has 2 aliphatic heterocycles. The summed E-state index contributed by atoms with van der Waals surface area (Å²) in [5.41, 5.74) is 0.840. The molecule has 10 nitrogen and oxygen atoms in total. The number of carbonyl (C=O) groups is 2. The standard InChI is InChI=1S/C57H70O10SSi/c1-40-33-52(64-38-43-29-31-44(62-8)32-30-43)57(6,7)53(39-65-69(56(3,4)5,47-25-17-11-18-26-47)48-27-19-12-20-28-48)67-54(58)36-50-41(2)49(63-37-42-21-13-9-14-22-42)34-45(66-50)35-51(55(40)59)68(60,61)46-23-15-10-16-24-46/h9-32,40-41,45,49-53H,33-39H2,1-8H3/t40-,41-,45+,49+,50+,51?,52?,53-/m1/s1. The van der Waals surface area contributed by atoms with Crippen LogP contribution in [0.2, 0.25) is 5.04 Å². The van der Waals surface area contributed by atoms with Gasteiger partial charge in [-0.25, -0.2) is 8.42 Å². The van der Waals surface area contributed by atoms with Crippen LogP contribution in [0.25, 0.3) is 0 Å². The minimum atomic E-state index is -4.22. The number of ether oxygens (including phenoxy) is 5. The maximum Gasteiger partial charge on any atom is 0.308 e. The minimum Gasteiger partial charge on any atom is -0.497 e. The van der Waals surface area contributed by atoms with Gasteiger partial charge < -0.3 is 28.1 Å². The molecule has 2 bridgehead atoms. The van der Waals surface area contributed by atoms with Gasteiger partial charge in [0.2, 0.25) is 0 Å². The van der Waals surface area contributed by atoms with E-state index in [2.05, 4.69) is 45.0 Å². The van der Waals surface area contributed by atoms with Gasteiger partial charge in [0.05, 0.1) is 62.7 Å². The molecule has 5 aromatic rings. The number of cyclic esters (lactones) is 1. The van der Waals surface area contributed by atoms with Crippen LogP contribution in [0.5, 0.6) is 5.75 Å². The van der Waals surface area contributed by atoms with Gasteiger partial charge in [0, 0.05) is 23.7 Å². The predicted octanol–water partition coefficient (Wildman–Crippen LogP) is 9.71. The zero-order valence-electron chi connectivity index (χ0n) is 41.4. The van der Waals surface area contributed by atoms with Crippen molar-refractivity contribution in [1.29, 1.82) is 0 Å². The fourth-order valence-electron chi connectivity index (χ4n) is 10.1. The molecule has 2 saturated heterocycles. The van der Waals surface area contributed by atoms with Gasteiger partial charge in [-0.2, -0.15) is 0 Å². The van der Waals surface area contributed by atoms with Crippen molar-refractivity contribution in [1.82, 2.24) is 0 Å². The highest BCUT2D eigenvalue weighted by Crippen LogP contribution is 2.42. The van der Waals surface area contributed by atoms with Gasteiger partial charge in [0.15, 0.2) is 15.6 Å². The molecule has 12 heteroatoms. The molecule has 69 heavy (non-hydrogen) atoms. The normalized spacial score (nSPS) is 25.0. The lowest BCUT2D eigenvalue weighted by molar-refractivity contribution is -0.186. The third-order valence-electron chi connectivity index (χ3n) is 14.4. The van der Waals surface area contributed by atoms with Gasteiger partial charge >= 0.3 is 5.97 Å². The molecule has 0 N–H and O–H groups in total. The van der Waals surface area contributed by atoms with Crippen LogP contribution in [0.3, 0.4) is 0 Å². The first-order chi connectivity index (χ1) is 32.9. The molecule has 0 saturated carbocycles. The molecule has 2 heterocycles. The molecule has 368 valence electrons. The van der Waals surface area contributed by atoms with Crippen LogP contribution in [-0.4, -0.2) is 78.0 Å². The van der Waals surface area contributed by atoms with Crippen molar-refractivity contribution in [2.75, 3.05) is 13.7 Å². The monoisotopic (exact) mass is 974 g/mol. The van der Waals surface area contributed by atoms with E-state index in [1.165, 1.54) is 12.1 Å². The molecule has 0 aliphatic carbocycles. The van der Waals surface area contributed by atoms with Gasteiger partial charge in [-0.05, 0) is 63.6 Å². The van der Waals surface area contributed by atoms with Crippen molar-refractivity contribution < 1.29 is 46.1 Å². The average molecular weight is 975 g/mol. The Balaban J connectivity index is 1.32. The number of ketones is 1. The first-order valence-electron chi connectivity index (χ1n) is 24.3. The van der Waals surface area contributed by atoms with E-state index < -0.39 is 77.0 Å². The maximum absolute atomic E-state index is 15.2. The lowest BCUT2D eigenvalue weighted by atomic mass is 9.76. The van der Waals surface area contributed by atoms with E-state index in [0.29, 0.717) is 18.8 Å². The molecule has 0 radical (unpaired) electrons. The summed E-state index contributed by atoms with van der Waals surface area (Å²) in [4.78, 5) is 30.1. The Kier molecular flexibility index (Phi) is 16.9. The van der Waals surface area contributed by atoms with Gasteiger partial charge in [-0.15, -0.1) is 0 Å². The number of carbonyl (C=O) groups excluding carboxylic acids is 2. The highest BCUT2D eigenvalue weighted by Gasteiger charge is 2.53. The summed E-state index contributed by atoms with van der Waals surface area (Å²) in [7, 11) is -5.79. The van der Waals surface area contributed by atoms with Crippen molar-refractivity contribution in [3.05, 3.63) is 157 Å². The largest absolute Gasteiger partial charge is 0.497 e. The van der Waals surface area contributed by atoms with Crippen LogP contribution in [0.1, 0.15) is 85.3 Å². The molecule has 2 unspecified atom stereocenters. The third kappa shape index (κ3) is 12.0. The quantitative estimate of drug-likeness (QED) is 0.0785. The molecule has 7 rings (SSSR count). The summed E-state index contributed by atoms with van der Waals surface area (Å²) in [5.74, 6) is -1.31. The lowest BCUT2D eigenvalue weighted by Gasteiger charge is -2.46. The van der Waals surface area contributed by atoms with Crippen LogP contribution in [0.15, 0.2) is 150 Å². The molecule has 2 aliphatic rings. The molecule has 5 aromatic carbocycles. The van der Waals surface area contributed by atoms with E-state index in [-0.39, 0.29) is 48.3 Å². The van der Waals surface area contributed by atoms with Gasteiger partial charge in [0.1, 0.15) is 17.1 Å². The van der Waals surface area contributed by atoms with Crippen LogP contribution in [0, 0.1) is 17.3 Å². The molecule has 8 atom stereocenters. The number of benzene rings is 5. The van der Waals surface area contributed by atoms with Crippen LogP contribution < -0.4 is 15.1 Å². The first-order valence-corrected chi connectivity index (χ1v) is 27.7. The number of rotatable bonds is 14. The Morgan fingerprint density at radius 2 is 1.23 bits per heavy atom. The number of hydrogen-bond donors (Lipinski definition) is 0. The molecular weight excluding hydrogens is 905 g/mol. The number of esters is 1. The Morgan fingerprint density at radius 3 is 1.80 bits per heavy atom. The van der Waals surface area contributed by atoms with E-state index >= 15 is 4.79 Å². The van der Waals surface area contributed by atoms with E-state index in [0.717, 1.165) is 21.5 Å². The summed E-state index contributed by atoms with van der Waals surface area (Å²) in [6.45, 7) is 14.8. The van der Waals surface area contributed by atoms with Crippen molar-refractivity contribution >= 4 is 40.3 Å². The van der Waals surface area contributed by atoms with Crippen molar-refractivity contribution in [2.45, 2.75) is 133 Å². The summed E-state index contributed by atoms with van der Waals surface area (Å²) >= 11 is 0. The summed E-state index contributed by atoms with van der Waals surface area (Å²) in [6, 6.07) is 46.2. The lowest BCUT2D eigenvalue weighted by Crippen LogP contribution is -2.67. The molecule has 0 spiro atoms. The second-order valence-electron chi connectivity index (χ2n) is 20.5. The SMILES string of the molecule is COc1ccc(COC2C[C@@H](C)C(=O)C(S(=O)(=O)c3ccccc3)C[C@@H]3C[C@H](OCc4ccccc4)[C@@H](C)[C@H](CC(=O)O[C@H](CO[Si](c4ccccc4)(c4ccccc4)C(C)(C)C)C2(C)C)O3)cc1. The van der Waals surface area contributed by atoms with Crippen LogP contribution >= 0.6 is 0 Å². The van der Waals surface area contributed by atoms with E-state index in [1.54, 1.807) is 32.2 Å². The predicted molar refractivity (Wildman–Crippen MR) is 272 cm³/mol. The molecule has 0 aromatic heterocycles. The zero-order chi connectivity index (χ0) is 49.4. The number of Topliss-reactive ketones (excluding diaryl/α,β-unsaturated/α-hetero) is 1. The smallest absolute Gasteiger partial charge is 0.308 e. The van der Waals surface area contributed by atoms with Gasteiger partial charge in [0.25, 0.3) is 8.32 Å². The van der Waals surface area contributed by atoms with E-state index in [9.17, 15) is 13.2 Å². The number of fused-ring (bicyclic) bond motifs is 2. The maximum atomic E-state index is 15.2. The Bertz CT molecular complexity index is 2490. The summed E-state index contributed by atoms with van der Waals surface area (Å²) in [6.07, 6.45) is -3.27. The Labute approximate surface area is 411 Å². The van der Waals surface area contributed by atoms with Crippen molar-refractivity contribution in [3.8, 4) is 5.75 Å². The summed E-state index contributed by atoms with van der Waals surface area (Å²) < 4.78 is 69.7. The van der Waals surface area contributed by atoms with Crippen LogP contribution in [-0.2, 0) is 56.0 Å². The van der Waals surface area contributed by atoms with Gasteiger partial charge in [-0.3, -0.25) is 9.59 Å². The third-order valence-corrected chi connectivity index (χ3v) is 21.5. The van der Waals surface area contributed by atoms with Gasteiger partial charge in [-0.1, -0.05) is 170 Å². The minimum absolute atomic E-state index is 0.00820. The Morgan fingerprint density at radius 1 is 0.696 bits per heavy atom. The van der Waals surface area contributed by atoms with Crippen molar-refractivity contribution in [3.63, 3.8) is 0 Å². The highest BCUT2D eigenvalue weighted by molar-refractivity contribution is 7.92. The van der Waals surface area contributed by atoms with E-state index in [4.69, 9.17) is 28.1 Å². The topological polar surface area (TPSA) is 124 Å². The Hall–Kier alpha value is -4.95. The zero-order valence-corrected chi connectivity index (χ0v) is 43.2. The molecule has 2 fully saturated rings. The second-order valence-corrected chi connectivity index (χ2v) is 26.9. The molecular formula is C57H70O10SSi. The summed E-state index contributed by atoms with van der Waals surface area (Å²) in [5, 5.41) is 0.314. The molecule has 0 amide bonds. The number of sulfone groups is 1. The fraction of sp³-hybridized carbons (Fsp3) is 0.439. The fourth-order valence-corrected chi connectivity index (χ4v) is 16.6. The second kappa shape index (κ2) is 22.4. The number of hydrogen-bond acceptors (Lipinski definition) is 10. The van der Waals surface area contributed by atoms with E-state index in [1.807, 2.05) is 112 Å². The average Bonchev–Trinajstić information content (AvgIpc) is 3.35.